The van der Waals surface area contributed by atoms with Crippen LogP contribution in [-0.2, 0) is 6.54 Å². The highest BCUT2D eigenvalue weighted by Gasteiger charge is 2.11. The quantitative estimate of drug-likeness (QED) is 0.872. The van der Waals surface area contributed by atoms with Crippen LogP contribution in [0, 0.1) is 13.8 Å². The highest BCUT2D eigenvalue weighted by molar-refractivity contribution is 5.19. The molecule has 0 spiro atoms. The van der Waals surface area contributed by atoms with Gasteiger partial charge in [-0.3, -0.25) is 0 Å². The van der Waals surface area contributed by atoms with Crippen molar-refractivity contribution in [2.75, 3.05) is 7.05 Å². The molecule has 0 saturated carbocycles. The Morgan fingerprint density at radius 2 is 1.94 bits per heavy atom. The molecule has 0 aliphatic heterocycles. The van der Waals surface area contributed by atoms with E-state index >= 15 is 0 Å². The molecule has 0 radical (unpaired) electrons. The Bertz CT molecular complexity index is 473. The number of aryl methyl sites for hydroxylation is 1. The molecule has 0 aliphatic carbocycles. The molecule has 3 heteroatoms. The molecule has 1 N–H and O–H groups in total. The van der Waals surface area contributed by atoms with E-state index in [1.165, 1.54) is 11.3 Å². The second kappa shape index (κ2) is 5.15. The number of aromatic nitrogens is 2. The summed E-state index contributed by atoms with van der Waals surface area (Å²) in [5, 5.41) is 3.35. The first kappa shape index (κ1) is 11.9. The van der Waals surface area contributed by atoms with Gasteiger partial charge in [-0.2, -0.15) is 0 Å². The normalized spacial score (nSPS) is 12.6. The van der Waals surface area contributed by atoms with Crippen molar-refractivity contribution in [1.82, 2.24) is 14.9 Å². The lowest BCUT2D eigenvalue weighted by atomic mass is 10.1. The van der Waals surface area contributed by atoms with Gasteiger partial charge in [0.25, 0.3) is 0 Å². The first-order valence-electron chi connectivity index (χ1n) is 5.93. The van der Waals surface area contributed by atoms with E-state index in [1.54, 1.807) is 0 Å². The van der Waals surface area contributed by atoms with E-state index in [4.69, 9.17) is 0 Å². The summed E-state index contributed by atoms with van der Waals surface area (Å²) in [7, 11) is 2.00. The Balaban J connectivity index is 2.19. The molecule has 1 aromatic carbocycles. The summed E-state index contributed by atoms with van der Waals surface area (Å²) in [6.07, 6.45) is 1.91. The van der Waals surface area contributed by atoms with Gasteiger partial charge in [0, 0.05) is 18.3 Å². The zero-order valence-corrected chi connectivity index (χ0v) is 10.6. The van der Waals surface area contributed by atoms with Crippen molar-refractivity contribution in [3.63, 3.8) is 0 Å². The average molecular weight is 229 g/mol. The van der Waals surface area contributed by atoms with Gasteiger partial charge < -0.3 is 9.88 Å². The van der Waals surface area contributed by atoms with E-state index < -0.39 is 0 Å². The van der Waals surface area contributed by atoms with Crippen LogP contribution in [0.4, 0.5) is 0 Å². The predicted molar refractivity (Wildman–Crippen MR) is 69.9 cm³/mol. The Kier molecular flexibility index (Phi) is 3.59. The Hall–Kier alpha value is -1.61. The molecule has 90 valence electrons. The Morgan fingerprint density at radius 3 is 2.47 bits per heavy atom. The number of hydrogen-bond donors (Lipinski definition) is 1. The molecular formula is C14H19N3. The SMILES string of the molecule is CNC(Cn1cnc(C)c1C)c1ccccc1. The molecule has 3 nitrogen and oxygen atoms in total. The number of likely N-dealkylation sites (N-methyl/N-ethyl adjacent to an activating group) is 1. The lowest BCUT2D eigenvalue weighted by molar-refractivity contribution is 0.494. The second-order valence-electron chi connectivity index (χ2n) is 4.32. The molecular weight excluding hydrogens is 210 g/mol. The van der Waals surface area contributed by atoms with Gasteiger partial charge in [-0.25, -0.2) is 4.98 Å². The number of imidazole rings is 1. The molecule has 0 fully saturated rings. The fraction of sp³-hybridized carbons (Fsp3) is 0.357. The summed E-state index contributed by atoms with van der Waals surface area (Å²) >= 11 is 0. The standard InChI is InChI=1S/C14H19N3/c1-11-12(2)17(10-16-11)9-14(15-3)13-7-5-4-6-8-13/h4-8,10,14-15H,9H2,1-3H3. The van der Waals surface area contributed by atoms with Crippen LogP contribution >= 0.6 is 0 Å². The van der Waals surface area contributed by atoms with Crippen LogP contribution in [-0.4, -0.2) is 16.6 Å². The second-order valence-corrected chi connectivity index (χ2v) is 4.32. The van der Waals surface area contributed by atoms with Crippen LogP contribution in [0.25, 0.3) is 0 Å². The summed E-state index contributed by atoms with van der Waals surface area (Å²) in [5.74, 6) is 0. The fourth-order valence-electron chi connectivity index (χ4n) is 1.97. The molecule has 1 atom stereocenters. The van der Waals surface area contributed by atoms with Gasteiger partial charge in [-0.1, -0.05) is 30.3 Å². The predicted octanol–water partition coefficient (Wildman–Crippen LogP) is 2.46. The van der Waals surface area contributed by atoms with Crippen molar-refractivity contribution in [3.8, 4) is 0 Å². The lowest BCUT2D eigenvalue weighted by Crippen LogP contribution is -2.22. The Labute approximate surface area is 103 Å². The van der Waals surface area contributed by atoms with Crippen molar-refractivity contribution in [3.05, 3.63) is 53.6 Å². The largest absolute Gasteiger partial charge is 0.333 e. The molecule has 0 amide bonds. The molecule has 2 rings (SSSR count). The fourth-order valence-corrected chi connectivity index (χ4v) is 1.97. The summed E-state index contributed by atoms with van der Waals surface area (Å²) in [5.41, 5.74) is 3.65. The van der Waals surface area contributed by atoms with Crippen molar-refractivity contribution in [2.24, 2.45) is 0 Å². The van der Waals surface area contributed by atoms with Crippen LogP contribution in [0.1, 0.15) is 23.0 Å². The number of benzene rings is 1. The molecule has 0 aliphatic rings. The monoisotopic (exact) mass is 229 g/mol. The maximum atomic E-state index is 4.33. The van der Waals surface area contributed by atoms with Crippen LogP contribution in [0.15, 0.2) is 36.7 Å². The minimum atomic E-state index is 0.323. The minimum Gasteiger partial charge on any atom is -0.333 e. The van der Waals surface area contributed by atoms with E-state index in [1.807, 2.05) is 26.4 Å². The van der Waals surface area contributed by atoms with E-state index in [-0.39, 0.29) is 0 Å². The number of rotatable bonds is 4. The number of nitrogens with zero attached hydrogens (tertiary/aromatic N) is 2. The van der Waals surface area contributed by atoms with E-state index in [0.717, 1.165) is 12.2 Å². The van der Waals surface area contributed by atoms with Gasteiger partial charge in [-0.05, 0) is 26.5 Å². The third-order valence-electron chi connectivity index (χ3n) is 3.27. The third kappa shape index (κ3) is 2.56. The van der Waals surface area contributed by atoms with Gasteiger partial charge in [-0.15, -0.1) is 0 Å². The summed E-state index contributed by atoms with van der Waals surface area (Å²) in [6, 6.07) is 10.8. The molecule has 1 aromatic heterocycles. The van der Waals surface area contributed by atoms with Crippen molar-refractivity contribution in [2.45, 2.75) is 26.4 Å². The number of hydrogen-bond acceptors (Lipinski definition) is 2. The highest BCUT2D eigenvalue weighted by Crippen LogP contribution is 2.16. The van der Waals surface area contributed by atoms with E-state index in [9.17, 15) is 0 Å². The van der Waals surface area contributed by atoms with E-state index in [2.05, 4.69) is 46.1 Å². The first-order chi connectivity index (χ1) is 8.22. The molecule has 1 unspecified atom stereocenters. The Morgan fingerprint density at radius 1 is 1.24 bits per heavy atom. The van der Waals surface area contributed by atoms with Crippen molar-refractivity contribution < 1.29 is 0 Å². The molecule has 17 heavy (non-hydrogen) atoms. The molecule has 0 bridgehead atoms. The van der Waals surface area contributed by atoms with Crippen LogP contribution in [0.2, 0.25) is 0 Å². The van der Waals surface area contributed by atoms with Crippen molar-refractivity contribution in [1.29, 1.82) is 0 Å². The van der Waals surface area contributed by atoms with Gasteiger partial charge in [0.05, 0.1) is 12.0 Å². The lowest BCUT2D eigenvalue weighted by Gasteiger charge is -2.18. The molecule has 1 heterocycles. The smallest absolute Gasteiger partial charge is 0.0952 e. The minimum absolute atomic E-state index is 0.323. The molecule has 0 saturated heterocycles. The van der Waals surface area contributed by atoms with Crippen LogP contribution < -0.4 is 5.32 Å². The van der Waals surface area contributed by atoms with Crippen LogP contribution in [0.5, 0.6) is 0 Å². The summed E-state index contributed by atoms with van der Waals surface area (Å²) in [6.45, 7) is 5.07. The summed E-state index contributed by atoms with van der Waals surface area (Å²) in [4.78, 5) is 4.33. The number of nitrogens with one attached hydrogen (secondary N) is 1. The average Bonchev–Trinajstić information content (AvgIpc) is 2.68. The van der Waals surface area contributed by atoms with Crippen molar-refractivity contribution >= 4 is 0 Å². The van der Waals surface area contributed by atoms with Gasteiger partial charge in [0.15, 0.2) is 0 Å². The molecule has 2 aromatic rings. The highest BCUT2D eigenvalue weighted by atomic mass is 15.1. The summed E-state index contributed by atoms with van der Waals surface area (Å²) < 4.78 is 2.20. The van der Waals surface area contributed by atoms with Crippen LogP contribution in [0.3, 0.4) is 0 Å². The maximum Gasteiger partial charge on any atom is 0.0952 e. The van der Waals surface area contributed by atoms with Gasteiger partial charge >= 0.3 is 0 Å². The van der Waals surface area contributed by atoms with Gasteiger partial charge in [0.1, 0.15) is 0 Å². The first-order valence-corrected chi connectivity index (χ1v) is 5.93. The topological polar surface area (TPSA) is 29.9 Å². The maximum absolute atomic E-state index is 4.33. The zero-order chi connectivity index (χ0) is 12.3. The van der Waals surface area contributed by atoms with E-state index in [0.29, 0.717) is 6.04 Å². The zero-order valence-electron chi connectivity index (χ0n) is 10.6. The third-order valence-corrected chi connectivity index (χ3v) is 3.27. The van der Waals surface area contributed by atoms with Gasteiger partial charge in [0.2, 0.25) is 0 Å².